The molecule has 114 valence electrons. The van der Waals surface area contributed by atoms with Gasteiger partial charge in [-0.05, 0) is 33.3 Å². The Morgan fingerprint density at radius 2 is 1.80 bits per heavy atom. The summed E-state index contributed by atoms with van der Waals surface area (Å²) in [5, 5.41) is 0. The molecule has 1 aromatic carbocycles. The standard InChI is InChI=1S/C16H29N3O/c1-5-19(6-2)15(13-17)14-9-7-8-10-16(14)20-12-11-18(3)4/h7-10,15H,5-6,11-13,17H2,1-4H3. The van der Waals surface area contributed by atoms with Crippen LogP contribution in [-0.2, 0) is 0 Å². The van der Waals surface area contributed by atoms with Crippen LogP contribution in [0.15, 0.2) is 24.3 Å². The summed E-state index contributed by atoms with van der Waals surface area (Å²) in [6, 6.07) is 8.46. The molecule has 0 fully saturated rings. The molecule has 1 rings (SSSR count). The smallest absolute Gasteiger partial charge is 0.124 e. The van der Waals surface area contributed by atoms with Crippen LogP contribution >= 0.6 is 0 Å². The Hall–Kier alpha value is -1.10. The van der Waals surface area contributed by atoms with E-state index in [1.165, 1.54) is 5.56 Å². The summed E-state index contributed by atoms with van der Waals surface area (Å²) in [4.78, 5) is 4.49. The van der Waals surface area contributed by atoms with Gasteiger partial charge in [-0.2, -0.15) is 0 Å². The summed E-state index contributed by atoms with van der Waals surface area (Å²) >= 11 is 0. The van der Waals surface area contributed by atoms with Crippen molar-refractivity contribution in [1.29, 1.82) is 0 Å². The first-order chi connectivity index (χ1) is 9.63. The summed E-state index contributed by atoms with van der Waals surface area (Å²) in [6.45, 7) is 8.53. The second-order valence-corrected chi connectivity index (χ2v) is 5.16. The second kappa shape index (κ2) is 8.95. The van der Waals surface area contributed by atoms with Crippen molar-refractivity contribution in [2.24, 2.45) is 5.73 Å². The van der Waals surface area contributed by atoms with Crippen molar-refractivity contribution in [3.8, 4) is 5.75 Å². The average Bonchev–Trinajstić information content (AvgIpc) is 2.45. The first kappa shape index (κ1) is 17.0. The molecule has 20 heavy (non-hydrogen) atoms. The molecule has 0 amide bonds. The fraction of sp³-hybridized carbons (Fsp3) is 0.625. The first-order valence-electron chi connectivity index (χ1n) is 7.44. The van der Waals surface area contributed by atoms with E-state index in [-0.39, 0.29) is 6.04 Å². The van der Waals surface area contributed by atoms with Gasteiger partial charge in [0.25, 0.3) is 0 Å². The Kier molecular flexibility index (Phi) is 7.59. The number of nitrogens with two attached hydrogens (primary N) is 1. The molecule has 0 bridgehead atoms. The lowest BCUT2D eigenvalue weighted by molar-refractivity contribution is 0.211. The monoisotopic (exact) mass is 279 g/mol. The molecule has 0 aliphatic carbocycles. The lowest BCUT2D eigenvalue weighted by Gasteiger charge is -2.30. The van der Waals surface area contributed by atoms with E-state index in [0.717, 1.165) is 25.4 Å². The van der Waals surface area contributed by atoms with Gasteiger partial charge in [0.2, 0.25) is 0 Å². The van der Waals surface area contributed by atoms with E-state index in [1.54, 1.807) is 0 Å². The van der Waals surface area contributed by atoms with E-state index in [1.807, 2.05) is 26.2 Å². The molecule has 0 spiro atoms. The van der Waals surface area contributed by atoms with Gasteiger partial charge in [0.1, 0.15) is 12.4 Å². The Labute approximate surface area is 123 Å². The lowest BCUT2D eigenvalue weighted by atomic mass is 10.0. The quantitative estimate of drug-likeness (QED) is 0.750. The van der Waals surface area contributed by atoms with E-state index in [2.05, 4.69) is 35.8 Å². The van der Waals surface area contributed by atoms with Crippen LogP contribution in [0.1, 0.15) is 25.5 Å². The molecule has 0 saturated carbocycles. The summed E-state index contributed by atoms with van der Waals surface area (Å²) in [5.74, 6) is 0.955. The fourth-order valence-corrected chi connectivity index (χ4v) is 2.36. The van der Waals surface area contributed by atoms with Gasteiger partial charge >= 0.3 is 0 Å². The molecule has 0 saturated heterocycles. The van der Waals surface area contributed by atoms with Gasteiger partial charge in [-0.15, -0.1) is 0 Å². The minimum absolute atomic E-state index is 0.223. The molecule has 0 radical (unpaired) electrons. The number of hydrogen-bond donors (Lipinski definition) is 1. The maximum Gasteiger partial charge on any atom is 0.124 e. The molecule has 4 nitrogen and oxygen atoms in total. The van der Waals surface area contributed by atoms with Crippen LogP contribution in [0.4, 0.5) is 0 Å². The third-order valence-corrected chi connectivity index (χ3v) is 3.55. The highest BCUT2D eigenvalue weighted by Gasteiger charge is 2.19. The zero-order valence-corrected chi connectivity index (χ0v) is 13.3. The van der Waals surface area contributed by atoms with Gasteiger partial charge in [0.15, 0.2) is 0 Å². The SMILES string of the molecule is CCN(CC)C(CN)c1ccccc1OCCN(C)C. The summed E-state index contributed by atoms with van der Waals surface area (Å²) in [7, 11) is 4.10. The normalized spacial score (nSPS) is 12.9. The highest BCUT2D eigenvalue weighted by Crippen LogP contribution is 2.28. The van der Waals surface area contributed by atoms with Crippen LogP contribution < -0.4 is 10.5 Å². The van der Waals surface area contributed by atoms with Gasteiger partial charge in [-0.3, -0.25) is 4.90 Å². The Balaban J connectivity index is 2.86. The number of ether oxygens (including phenoxy) is 1. The van der Waals surface area contributed by atoms with Crippen molar-refractivity contribution in [3.05, 3.63) is 29.8 Å². The molecular formula is C16H29N3O. The van der Waals surface area contributed by atoms with Crippen molar-refractivity contribution in [3.63, 3.8) is 0 Å². The topological polar surface area (TPSA) is 41.7 Å². The van der Waals surface area contributed by atoms with Gasteiger partial charge in [0.05, 0.1) is 6.04 Å². The van der Waals surface area contributed by atoms with Crippen LogP contribution in [0.2, 0.25) is 0 Å². The molecule has 1 unspecified atom stereocenters. The maximum absolute atomic E-state index is 6.00. The first-order valence-corrected chi connectivity index (χ1v) is 7.44. The van der Waals surface area contributed by atoms with Crippen molar-refractivity contribution >= 4 is 0 Å². The van der Waals surface area contributed by atoms with Gasteiger partial charge < -0.3 is 15.4 Å². The van der Waals surface area contributed by atoms with Crippen LogP contribution in [0.3, 0.4) is 0 Å². The number of rotatable bonds is 9. The van der Waals surface area contributed by atoms with Crippen molar-refractivity contribution in [2.45, 2.75) is 19.9 Å². The number of likely N-dealkylation sites (N-methyl/N-ethyl adjacent to an activating group) is 2. The highest BCUT2D eigenvalue weighted by atomic mass is 16.5. The third-order valence-electron chi connectivity index (χ3n) is 3.55. The van der Waals surface area contributed by atoms with Crippen LogP contribution in [0.5, 0.6) is 5.75 Å². The lowest BCUT2D eigenvalue weighted by Crippen LogP contribution is -2.34. The van der Waals surface area contributed by atoms with Crippen LogP contribution in [0, 0.1) is 0 Å². The summed E-state index contributed by atoms with van der Waals surface area (Å²) < 4.78 is 5.95. The minimum atomic E-state index is 0.223. The molecule has 4 heteroatoms. The molecule has 0 heterocycles. The Morgan fingerprint density at radius 3 is 2.35 bits per heavy atom. The Morgan fingerprint density at radius 1 is 1.15 bits per heavy atom. The van der Waals surface area contributed by atoms with E-state index in [0.29, 0.717) is 13.2 Å². The molecule has 2 N–H and O–H groups in total. The fourth-order valence-electron chi connectivity index (χ4n) is 2.36. The molecule has 1 atom stereocenters. The van der Waals surface area contributed by atoms with Gasteiger partial charge in [-0.25, -0.2) is 0 Å². The third kappa shape index (κ3) is 4.78. The minimum Gasteiger partial charge on any atom is -0.492 e. The van der Waals surface area contributed by atoms with Crippen molar-refractivity contribution in [2.75, 3.05) is 46.9 Å². The van der Waals surface area contributed by atoms with Gasteiger partial charge in [0, 0.05) is 18.7 Å². The van der Waals surface area contributed by atoms with Crippen LogP contribution in [-0.4, -0.2) is 56.7 Å². The van der Waals surface area contributed by atoms with Crippen molar-refractivity contribution < 1.29 is 4.74 Å². The number of benzene rings is 1. The zero-order valence-electron chi connectivity index (χ0n) is 13.3. The summed E-state index contributed by atoms with van der Waals surface area (Å²) in [6.07, 6.45) is 0. The van der Waals surface area contributed by atoms with E-state index < -0.39 is 0 Å². The number of nitrogens with zero attached hydrogens (tertiary/aromatic N) is 2. The molecule has 0 aliphatic heterocycles. The van der Waals surface area contributed by atoms with E-state index in [9.17, 15) is 0 Å². The zero-order chi connectivity index (χ0) is 15.0. The average molecular weight is 279 g/mol. The predicted molar refractivity (Wildman–Crippen MR) is 85.2 cm³/mol. The van der Waals surface area contributed by atoms with E-state index in [4.69, 9.17) is 10.5 Å². The summed E-state index contributed by atoms with van der Waals surface area (Å²) in [5.41, 5.74) is 7.19. The van der Waals surface area contributed by atoms with E-state index >= 15 is 0 Å². The van der Waals surface area contributed by atoms with Crippen molar-refractivity contribution in [1.82, 2.24) is 9.80 Å². The molecule has 0 aromatic heterocycles. The number of hydrogen-bond acceptors (Lipinski definition) is 4. The maximum atomic E-state index is 6.00. The highest BCUT2D eigenvalue weighted by molar-refractivity contribution is 5.36. The second-order valence-electron chi connectivity index (χ2n) is 5.16. The predicted octanol–water partition coefficient (Wildman–Crippen LogP) is 1.97. The Bertz CT molecular complexity index is 378. The van der Waals surface area contributed by atoms with Crippen LogP contribution in [0.25, 0.3) is 0 Å². The van der Waals surface area contributed by atoms with Gasteiger partial charge in [-0.1, -0.05) is 32.0 Å². The molecule has 1 aromatic rings. The largest absolute Gasteiger partial charge is 0.492 e. The molecular weight excluding hydrogens is 250 g/mol. The molecule has 0 aliphatic rings. The number of para-hydroxylation sites is 1.